The summed E-state index contributed by atoms with van der Waals surface area (Å²) >= 11 is 6.17. The van der Waals surface area contributed by atoms with E-state index in [4.69, 9.17) is 30.5 Å². The molecule has 3 rings (SSSR count). The summed E-state index contributed by atoms with van der Waals surface area (Å²) in [5.41, 5.74) is -0.297. The molecule has 0 spiro atoms. The minimum Gasteiger partial charge on any atom is -0.496 e. The maximum atomic E-state index is 13.4. The fourth-order valence-electron chi connectivity index (χ4n) is 4.79. The minimum absolute atomic E-state index is 0.000567. The van der Waals surface area contributed by atoms with Crippen LogP contribution in [0.15, 0.2) is 24.3 Å². The summed E-state index contributed by atoms with van der Waals surface area (Å²) < 4.78 is 22.3. The normalized spacial score (nSPS) is 17.1. The Morgan fingerprint density at radius 1 is 1.16 bits per heavy atom. The van der Waals surface area contributed by atoms with Crippen LogP contribution in [0.5, 0.6) is 17.2 Å². The van der Waals surface area contributed by atoms with Crippen molar-refractivity contribution in [1.29, 1.82) is 0 Å². The van der Waals surface area contributed by atoms with E-state index in [2.05, 4.69) is 4.90 Å². The first-order chi connectivity index (χ1) is 18.0. The summed E-state index contributed by atoms with van der Waals surface area (Å²) in [5.74, 6) is -1.93. The zero-order valence-electron chi connectivity index (χ0n) is 21.7. The maximum Gasteiger partial charge on any atom is 0.345 e. The molecule has 0 saturated carbocycles. The van der Waals surface area contributed by atoms with Gasteiger partial charge >= 0.3 is 11.9 Å². The van der Waals surface area contributed by atoms with Crippen molar-refractivity contribution in [3.63, 3.8) is 0 Å². The van der Waals surface area contributed by atoms with Gasteiger partial charge in [-0.3, -0.25) is 24.6 Å². The molecule has 2 aromatic carbocycles. The van der Waals surface area contributed by atoms with Gasteiger partial charge < -0.3 is 18.9 Å². The Hall–Kier alpha value is -3.70. The van der Waals surface area contributed by atoms with Gasteiger partial charge in [0.2, 0.25) is 0 Å². The summed E-state index contributed by atoms with van der Waals surface area (Å²) in [6, 6.07) is 5.01. The van der Waals surface area contributed by atoms with Crippen LogP contribution in [-0.4, -0.2) is 67.5 Å². The van der Waals surface area contributed by atoms with E-state index in [9.17, 15) is 24.5 Å². The Balaban J connectivity index is 2.23. The lowest BCUT2D eigenvalue weighted by molar-refractivity contribution is -0.384. The predicted octanol–water partition coefficient (Wildman–Crippen LogP) is 4.43. The molecular formula is C26H29ClN2O9. The number of methoxy groups -OCH3 is 2. The Labute approximate surface area is 224 Å². The van der Waals surface area contributed by atoms with E-state index in [1.54, 1.807) is 6.07 Å². The van der Waals surface area contributed by atoms with Crippen molar-refractivity contribution in [2.45, 2.75) is 39.2 Å². The second-order valence-corrected chi connectivity index (χ2v) is 9.01. The highest BCUT2D eigenvalue weighted by Crippen LogP contribution is 2.48. The third kappa shape index (κ3) is 5.73. The van der Waals surface area contributed by atoms with E-state index in [-0.39, 0.29) is 41.2 Å². The molecule has 0 aromatic heterocycles. The van der Waals surface area contributed by atoms with Crippen LogP contribution >= 0.6 is 11.6 Å². The number of hydrogen-bond acceptors (Lipinski definition) is 10. The molecule has 0 bridgehead atoms. The van der Waals surface area contributed by atoms with Crippen LogP contribution in [0.4, 0.5) is 5.69 Å². The van der Waals surface area contributed by atoms with E-state index in [1.807, 2.05) is 6.92 Å². The van der Waals surface area contributed by atoms with E-state index >= 15 is 0 Å². The number of hydrogen-bond donors (Lipinski definition) is 0. The number of likely N-dealkylation sites (tertiary alicyclic amines) is 1. The fourth-order valence-corrected chi connectivity index (χ4v) is 5.06. The molecule has 2 aromatic rings. The van der Waals surface area contributed by atoms with Crippen molar-refractivity contribution in [2.24, 2.45) is 0 Å². The summed E-state index contributed by atoms with van der Waals surface area (Å²) in [4.78, 5) is 50.6. The van der Waals surface area contributed by atoms with Gasteiger partial charge in [-0.05, 0) is 32.5 Å². The largest absolute Gasteiger partial charge is 0.496 e. The summed E-state index contributed by atoms with van der Waals surface area (Å²) in [6.07, 6.45) is 0.585. The zero-order valence-corrected chi connectivity index (χ0v) is 22.5. The van der Waals surface area contributed by atoms with Crippen LogP contribution in [0.25, 0.3) is 0 Å². The Kier molecular flexibility index (Phi) is 9.29. The highest BCUT2D eigenvalue weighted by molar-refractivity contribution is 6.35. The highest BCUT2D eigenvalue weighted by atomic mass is 35.5. The Morgan fingerprint density at radius 2 is 1.84 bits per heavy atom. The van der Waals surface area contributed by atoms with Gasteiger partial charge in [0.25, 0.3) is 5.69 Å². The second kappa shape index (κ2) is 12.2. The molecule has 0 amide bonds. The SMILES string of the molecule is CCN1CC[C@@H](c2c(OC)cc(OC)c(C(C)=O)c2OC(=O)c2cccc([N+](=O)[O-])c2Cl)[C@@H]1COC(C)=O. The molecule has 1 heterocycles. The van der Waals surface area contributed by atoms with Crippen LogP contribution < -0.4 is 14.2 Å². The lowest BCUT2D eigenvalue weighted by Gasteiger charge is -2.29. The first kappa shape index (κ1) is 28.9. The van der Waals surface area contributed by atoms with Crippen molar-refractivity contribution in [1.82, 2.24) is 4.90 Å². The summed E-state index contributed by atoms with van der Waals surface area (Å²) in [5, 5.41) is 11.0. The molecule has 204 valence electrons. The monoisotopic (exact) mass is 548 g/mol. The smallest absolute Gasteiger partial charge is 0.345 e. The summed E-state index contributed by atoms with van der Waals surface area (Å²) in [6.45, 7) is 5.98. The number of carbonyl (C=O) groups excluding carboxylic acids is 3. The molecule has 11 nitrogen and oxygen atoms in total. The average Bonchev–Trinajstić information content (AvgIpc) is 3.28. The Morgan fingerprint density at radius 3 is 2.39 bits per heavy atom. The standard InChI is InChI=1S/C26H29ClN2O9/c1-6-28-11-10-16(19(28)13-37-15(3)31)23-21(36-5)12-20(35-4)22(14(2)30)25(23)38-26(32)17-8-7-9-18(24(17)27)29(33)34/h7-9,12,16,19H,6,10-11,13H2,1-5H3/t16-,19+/m1/s1. The molecule has 2 atom stereocenters. The van der Waals surface area contributed by atoms with Gasteiger partial charge in [-0.1, -0.05) is 24.6 Å². The number of nitro benzene ring substituents is 1. The molecule has 0 N–H and O–H groups in total. The van der Waals surface area contributed by atoms with Crippen LogP contribution in [0.2, 0.25) is 5.02 Å². The third-order valence-electron chi connectivity index (χ3n) is 6.52. The fraction of sp³-hybridized carbons (Fsp3) is 0.423. The van der Waals surface area contributed by atoms with Crippen LogP contribution in [0, 0.1) is 10.1 Å². The van der Waals surface area contributed by atoms with Gasteiger partial charge in [0.15, 0.2) is 11.5 Å². The van der Waals surface area contributed by atoms with Crippen molar-refractivity contribution in [2.75, 3.05) is 33.9 Å². The quantitative estimate of drug-likeness (QED) is 0.138. The number of Topliss-reactive ketones (excluding diaryl/α,β-unsaturated/α-hetero) is 1. The topological polar surface area (TPSA) is 135 Å². The molecule has 38 heavy (non-hydrogen) atoms. The van der Waals surface area contributed by atoms with E-state index in [0.29, 0.717) is 30.8 Å². The molecule has 0 radical (unpaired) electrons. The molecule has 1 fully saturated rings. The lowest BCUT2D eigenvalue weighted by atomic mass is 9.87. The molecule has 1 saturated heterocycles. The van der Waals surface area contributed by atoms with Crippen LogP contribution in [0.1, 0.15) is 59.4 Å². The number of esters is 2. The predicted molar refractivity (Wildman–Crippen MR) is 138 cm³/mol. The number of carbonyl (C=O) groups is 3. The first-order valence-electron chi connectivity index (χ1n) is 11.9. The molecule has 12 heteroatoms. The number of likely N-dealkylation sites (N-methyl/N-ethyl adjacent to an activating group) is 1. The lowest BCUT2D eigenvalue weighted by Crippen LogP contribution is -2.36. The molecule has 0 unspecified atom stereocenters. The van der Waals surface area contributed by atoms with Gasteiger partial charge in [-0.25, -0.2) is 4.79 Å². The number of nitro groups is 1. The van der Waals surface area contributed by atoms with Gasteiger partial charge in [-0.15, -0.1) is 0 Å². The van der Waals surface area contributed by atoms with Crippen molar-refractivity contribution in [3.8, 4) is 17.2 Å². The number of ether oxygens (including phenoxy) is 4. The van der Waals surface area contributed by atoms with E-state index in [0.717, 1.165) is 6.07 Å². The molecule has 1 aliphatic rings. The van der Waals surface area contributed by atoms with E-state index < -0.39 is 33.4 Å². The zero-order chi connectivity index (χ0) is 28.1. The third-order valence-corrected chi connectivity index (χ3v) is 6.92. The molecular weight excluding hydrogens is 520 g/mol. The van der Waals surface area contributed by atoms with Crippen LogP contribution in [-0.2, 0) is 9.53 Å². The van der Waals surface area contributed by atoms with Crippen LogP contribution in [0.3, 0.4) is 0 Å². The number of halogens is 1. The maximum absolute atomic E-state index is 13.4. The minimum atomic E-state index is -1.00. The van der Waals surface area contributed by atoms with Crippen molar-refractivity contribution < 1.29 is 38.3 Å². The number of rotatable bonds is 10. The van der Waals surface area contributed by atoms with Crippen molar-refractivity contribution in [3.05, 3.63) is 56.1 Å². The van der Waals surface area contributed by atoms with Gasteiger partial charge in [-0.2, -0.15) is 0 Å². The summed E-state index contributed by atoms with van der Waals surface area (Å²) in [7, 11) is 2.80. The second-order valence-electron chi connectivity index (χ2n) is 8.63. The number of nitrogens with zero attached hydrogens (tertiary/aromatic N) is 2. The van der Waals surface area contributed by atoms with E-state index in [1.165, 1.54) is 40.2 Å². The van der Waals surface area contributed by atoms with Crippen molar-refractivity contribution >= 4 is 35.0 Å². The number of benzene rings is 2. The average molecular weight is 549 g/mol. The number of ketones is 1. The van der Waals surface area contributed by atoms with Gasteiger partial charge in [0.05, 0.1) is 30.7 Å². The van der Waals surface area contributed by atoms with Gasteiger partial charge in [0, 0.05) is 30.5 Å². The highest BCUT2D eigenvalue weighted by Gasteiger charge is 2.41. The first-order valence-corrected chi connectivity index (χ1v) is 12.3. The molecule has 0 aliphatic carbocycles. The Bertz CT molecular complexity index is 1260. The van der Waals surface area contributed by atoms with Gasteiger partial charge in [0.1, 0.15) is 28.7 Å². The molecule has 1 aliphatic heterocycles.